The number of hydrogen-bond donors (Lipinski definition) is 2. The maximum atomic E-state index is 12.1. The SMILES string of the molecule is Cc1nn(CC(=O)Nc2ccc(NC(=O)c3ccn(C)n3)cc2)cc1Br. The number of benzene rings is 1. The molecule has 2 heterocycles. The molecule has 2 aromatic heterocycles. The van der Waals surface area contributed by atoms with Gasteiger partial charge in [0.2, 0.25) is 5.91 Å². The molecule has 0 aliphatic heterocycles. The maximum Gasteiger partial charge on any atom is 0.276 e. The minimum atomic E-state index is -0.290. The highest BCUT2D eigenvalue weighted by Gasteiger charge is 2.10. The van der Waals surface area contributed by atoms with Gasteiger partial charge in [-0.2, -0.15) is 10.2 Å². The van der Waals surface area contributed by atoms with Gasteiger partial charge in [-0.25, -0.2) is 0 Å². The van der Waals surface area contributed by atoms with E-state index in [1.807, 2.05) is 6.92 Å². The number of hydrogen-bond acceptors (Lipinski definition) is 4. The van der Waals surface area contributed by atoms with Crippen molar-refractivity contribution < 1.29 is 9.59 Å². The number of aryl methyl sites for hydroxylation is 2. The van der Waals surface area contributed by atoms with Crippen LogP contribution in [0.15, 0.2) is 47.2 Å². The summed E-state index contributed by atoms with van der Waals surface area (Å²) < 4.78 is 3.99. The van der Waals surface area contributed by atoms with Crippen molar-refractivity contribution in [2.75, 3.05) is 10.6 Å². The zero-order chi connectivity index (χ0) is 18.7. The molecular formula is C17H17BrN6O2. The Kier molecular flexibility index (Phi) is 5.17. The number of anilines is 2. The van der Waals surface area contributed by atoms with Gasteiger partial charge in [-0.15, -0.1) is 0 Å². The third-order valence-corrected chi connectivity index (χ3v) is 4.34. The molecule has 3 aromatic rings. The van der Waals surface area contributed by atoms with Gasteiger partial charge in [0, 0.05) is 30.8 Å². The molecule has 0 saturated heterocycles. The topological polar surface area (TPSA) is 93.8 Å². The lowest BCUT2D eigenvalue weighted by atomic mass is 10.2. The van der Waals surface area contributed by atoms with E-state index >= 15 is 0 Å². The average molecular weight is 417 g/mol. The molecule has 3 rings (SSSR count). The van der Waals surface area contributed by atoms with Gasteiger partial charge in [-0.1, -0.05) is 0 Å². The van der Waals surface area contributed by atoms with Gasteiger partial charge in [0.05, 0.1) is 10.2 Å². The van der Waals surface area contributed by atoms with Crippen molar-refractivity contribution in [1.29, 1.82) is 0 Å². The van der Waals surface area contributed by atoms with Gasteiger partial charge in [-0.3, -0.25) is 19.0 Å². The second-order valence-electron chi connectivity index (χ2n) is 5.71. The minimum absolute atomic E-state index is 0.116. The summed E-state index contributed by atoms with van der Waals surface area (Å²) in [6.45, 7) is 1.97. The van der Waals surface area contributed by atoms with E-state index in [9.17, 15) is 9.59 Å². The fourth-order valence-electron chi connectivity index (χ4n) is 2.29. The van der Waals surface area contributed by atoms with Crippen molar-refractivity contribution in [3.8, 4) is 0 Å². The Labute approximate surface area is 158 Å². The molecule has 1 aromatic carbocycles. The minimum Gasteiger partial charge on any atom is -0.324 e. The maximum absolute atomic E-state index is 12.1. The Morgan fingerprint density at radius 1 is 1.08 bits per heavy atom. The van der Waals surface area contributed by atoms with Crippen LogP contribution < -0.4 is 10.6 Å². The number of halogens is 1. The highest BCUT2D eigenvalue weighted by atomic mass is 79.9. The Bertz CT molecular complexity index is 925. The summed E-state index contributed by atoms with van der Waals surface area (Å²) in [5.41, 5.74) is 2.41. The zero-order valence-corrected chi connectivity index (χ0v) is 15.8. The number of nitrogens with one attached hydrogen (secondary N) is 2. The van der Waals surface area contributed by atoms with E-state index in [4.69, 9.17) is 0 Å². The van der Waals surface area contributed by atoms with Crippen LogP contribution >= 0.6 is 15.9 Å². The van der Waals surface area contributed by atoms with E-state index in [1.54, 1.807) is 59.1 Å². The molecule has 9 heteroatoms. The second kappa shape index (κ2) is 7.52. The monoisotopic (exact) mass is 416 g/mol. The van der Waals surface area contributed by atoms with Crippen molar-refractivity contribution in [3.63, 3.8) is 0 Å². The predicted molar refractivity (Wildman–Crippen MR) is 101 cm³/mol. The molecule has 26 heavy (non-hydrogen) atoms. The van der Waals surface area contributed by atoms with Crippen molar-refractivity contribution >= 4 is 39.1 Å². The number of aromatic nitrogens is 4. The molecule has 0 aliphatic rings. The van der Waals surface area contributed by atoms with E-state index < -0.39 is 0 Å². The summed E-state index contributed by atoms with van der Waals surface area (Å²) in [7, 11) is 1.75. The first-order valence-corrected chi connectivity index (χ1v) is 8.60. The van der Waals surface area contributed by atoms with Gasteiger partial charge >= 0.3 is 0 Å². The van der Waals surface area contributed by atoms with Crippen molar-refractivity contribution in [2.45, 2.75) is 13.5 Å². The largest absolute Gasteiger partial charge is 0.324 e. The summed E-state index contributed by atoms with van der Waals surface area (Å²) in [4.78, 5) is 24.1. The Hall–Kier alpha value is -2.94. The first-order valence-electron chi connectivity index (χ1n) is 7.81. The standard InChI is InChI=1S/C17H17BrN6O2/c1-11-14(18)9-24(21-11)10-16(25)19-12-3-5-13(6-4-12)20-17(26)15-7-8-23(2)22-15/h3-9H,10H2,1-2H3,(H,19,25)(H,20,26). The average Bonchev–Trinajstić information content (AvgIpc) is 3.15. The molecule has 0 spiro atoms. The van der Waals surface area contributed by atoms with E-state index in [1.165, 1.54) is 0 Å². The lowest BCUT2D eigenvalue weighted by Gasteiger charge is -2.07. The van der Waals surface area contributed by atoms with Crippen LogP contribution in [0.25, 0.3) is 0 Å². The van der Waals surface area contributed by atoms with Crippen LogP contribution in [0, 0.1) is 6.92 Å². The van der Waals surface area contributed by atoms with Crippen molar-refractivity contribution in [1.82, 2.24) is 19.6 Å². The Morgan fingerprint density at radius 2 is 1.73 bits per heavy atom. The highest BCUT2D eigenvalue weighted by molar-refractivity contribution is 9.10. The lowest BCUT2D eigenvalue weighted by Crippen LogP contribution is -2.19. The van der Waals surface area contributed by atoms with Gasteiger partial charge in [0.1, 0.15) is 6.54 Å². The number of carbonyl (C=O) groups excluding carboxylic acids is 2. The fraction of sp³-hybridized carbons (Fsp3) is 0.176. The van der Waals surface area contributed by atoms with E-state index in [-0.39, 0.29) is 18.4 Å². The van der Waals surface area contributed by atoms with Crippen LogP contribution in [0.1, 0.15) is 16.2 Å². The molecule has 134 valence electrons. The third kappa shape index (κ3) is 4.37. The quantitative estimate of drug-likeness (QED) is 0.668. The number of nitrogens with zero attached hydrogens (tertiary/aromatic N) is 4. The van der Waals surface area contributed by atoms with Gasteiger partial charge in [0.25, 0.3) is 5.91 Å². The van der Waals surface area contributed by atoms with Crippen molar-refractivity contribution in [2.24, 2.45) is 7.05 Å². The zero-order valence-electron chi connectivity index (χ0n) is 14.2. The smallest absolute Gasteiger partial charge is 0.276 e. The number of carbonyl (C=O) groups is 2. The summed E-state index contributed by atoms with van der Waals surface area (Å²) in [6, 6.07) is 8.50. The normalized spacial score (nSPS) is 10.6. The molecule has 0 radical (unpaired) electrons. The van der Waals surface area contributed by atoms with E-state index in [0.29, 0.717) is 17.1 Å². The van der Waals surface area contributed by atoms with E-state index in [0.717, 1.165) is 10.2 Å². The summed E-state index contributed by atoms with van der Waals surface area (Å²) in [5.74, 6) is -0.479. The molecule has 0 atom stereocenters. The van der Waals surface area contributed by atoms with E-state index in [2.05, 4.69) is 36.8 Å². The van der Waals surface area contributed by atoms with Gasteiger partial charge in [-0.05, 0) is 53.2 Å². The van der Waals surface area contributed by atoms with Crippen LogP contribution in [0.2, 0.25) is 0 Å². The summed E-state index contributed by atoms with van der Waals surface area (Å²) in [5, 5.41) is 13.8. The number of rotatable bonds is 5. The fourth-order valence-corrected chi connectivity index (χ4v) is 2.61. The van der Waals surface area contributed by atoms with Crippen LogP contribution in [0.5, 0.6) is 0 Å². The lowest BCUT2D eigenvalue weighted by molar-refractivity contribution is -0.116. The molecular weight excluding hydrogens is 400 g/mol. The highest BCUT2D eigenvalue weighted by Crippen LogP contribution is 2.15. The molecule has 0 fully saturated rings. The molecule has 0 aliphatic carbocycles. The second-order valence-corrected chi connectivity index (χ2v) is 6.57. The van der Waals surface area contributed by atoms with Crippen LogP contribution in [0.3, 0.4) is 0 Å². The van der Waals surface area contributed by atoms with Gasteiger partial charge < -0.3 is 10.6 Å². The predicted octanol–water partition coefficient (Wildman–Crippen LogP) is 2.58. The van der Waals surface area contributed by atoms with Gasteiger partial charge in [0.15, 0.2) is 5.69 Å². The van der Waals surface area contributed by atoms with Crippen LogP contribution in [0.4, 0.5) is 11.4 Å². The number of amides is 2. The molecule has 2 amide bonds. The van der Waals surface area contributed by atoms with Crippen LogP contribution in [-0.2, 0) is 18.4 Å². The third-order valence-electron chi connectivity index (χ3n) is 3.56. The molecule has 0 saturated carbocycles. The summed E-state index contributed by atoms with van der Waals surface area (Å²) >= 11 is 3.36. The molecule has 0 bridgehead atoms. The first-order chi connectivity index (χ1) is 12.4. The Morgan fingerprint density at radius 3 is 2.27 bits per heavy atom. The Balaban J connectivity index is 1.57. The molecule has 0 unspecified atom stereocenters. The molecule has 2 N–H and O–H groups in total. The molecule has 8 nitrogen and oxygen atoms in total. The van der Waals surface area contributed by atoms with Crippen LogP contribution in [-0.4, -0.2) is 31.4 Å². The summed E-state index contributed by atoms with van der Waals surface area (Å²) in [6.07, 6.45) is 3.46. The van der Waals surface area contributed by atoms with Crippen molar-refractivity contribution in [3.05, 3.63) is 58.6 Å². The first kappa shape index (κ1) is 17.9.